The molecule has 0 N–H and O–H groups in total. The van der Waals surface area contributed by atoms with Crippen LogP contribution in [0.4, 0.5) is 26.3 Å². The fourth-order valence-electron chi connectivity index (χ4n) is 3.88. The molecule has 1 heterocycles. The van der Waals surface area contributed by atoms with Gasteiger partial charge in [-0.2, -0.15) is 22.0 Å². The second-order valence-electron chi connectivity index (χ2n) is 10.3. The van der Waals surface area contributed by atoms with E-state index in [0.717, 1.165) is 89.2 Å². The minimum Gasteiger partial charge on any atom is -0.494 e. The molecule has 1 aliphatic heterocycles. The number of carbonyl (C=O) groups excluding carboxylic acids is 1. The van der Waals surface area contributed by atoms with Crippen LogP contribution in [0.1, 0.15) is 55.8 Å². The summed E-state index contributed by atoms with van der Waals surface area (Å²) in [5, 5.41) is 0. The first-order valence-corrected chi connectivity index (χ1v) is 13.4. The number of ether oxygens (including phenoxy) is 5. The average Bonchev–Trinajstić information content (AvgIpc) is 2.91. The van der Waals surface area contributed by atoms with Gasteiger partial charge < -0.3 is 23.7 Å². The minimum absolute atomic E-state index is 0.0794. The maximum Gasteiger partial charge on any atom is 0.439 e. The molecule has 1 saturated heterocycles. The van der Waals surface area contributed by atoms with Crippen molar-refractivity contribution in [1.29, 1.82) is 0 Å². The number of unbranched alkanes of at least 4 members (excludes halogenated alkanes) is 5. The highest BCUT2D eigenvalue weighted by atomic mass is 19.4. The van der Waals surface area contributed by atoms with E-state index in [1.54, 1.807) is 12.1 Å². The van der Waals surface area contributed by atoms with Crippen LogP contribution >= 0.6 is 0 Å². The Hall–Kier alpha value is -2.99. The molecule has 12 heteroatoms. The lowest BCUT2D eigenvalue weighted by molar-refractivity contribution is -0.305. The van der Waals surface area contributed by atoms with Gasteiger partial charge in [0.25, 0.3) is 6.17 Å². The smallest absolute Gasteiger partial charge is 0.439 e. The molecule has 228 valence electrons. The van der Waals surface area contributed by atoms with Gasteiger partial charge >= 0.3 is 18.3 Å². The molecule has 3 rings (SSSR count). The molecule has 0 aliphatic carbocycles. The Morgan fingerprint density at radius 1 is 0.829 bits per heavy atom. The maximum absolute atomic E-state index is 13.4. The van der Waals surface area contributed by atoms with E-state index in [1.807, 2.05) is 0 Å². The Labute approximate surface area is 234 Å². The monoisotopic (exact) mass is 592 g/mol. The Morgan fingerprint density at radius 2 is 1.37 bits per heavy atom. The molecule has 1 atom stereocenters. The summed E-state index contributed by atoms with van der Waals surface area (Å²) in [6, 6.07) is 9.93. The van der Waals surface area contributed by atoms with Gasteiger partial charge in [-0.05, 0) is 61.4 Å². The highest BCUT2D eigenvalue weighted by molar-refractivity contribution is 5.91. The fourth-order valence-corrected chi connectivity index (χ4v) is 3.88. The lowest BCUT2D eigenvalue weighted by Crippen LogP contribution is -2.45. The van der Waals surface area contributed by atoms with Crippen LogP contribution in [-0.4, -0.2) is 57.5 Å². The third kappa shape index (κ3) is 10.7. The molecule has 1 aliphatic rings. The predicted octanol–water partition coefficient (Wildman–Crippen LogP) is 7.55. The summed E-state index contributed by atoms with van der Waals surface area (Å²) in [6.07, 6.45) is -9.06. The molecule has 0 aromatic heterocycles. The van der Waals surface area contributed by atoms with Crippen molar-refractivity contribution in [3.63, 3.8) is 0 Å². The number of halogens is 6. The Balaban J connectivity index is 1.28. The van der Waals surface area contributed by atoms with Crippen molar-refractivity contribution < 1.29 is 54.8 Å². The molecule has 0 saturated carbocycles. The van der Waals surface area contributed by atoms with E-state index in [0.29, 0.717) is 12.4 Å². The van der Waals surface area contributed by atoms with Crippen LogP contribution in [0.15, 0.2) is 48.5 Å². The van der Waals surface area contributed by atoms with Crippen molar-refractivity contribution in [2.75, 3.05) is 33.0 Å². The zero-order valence-electron chi connectivity index (χ0n) is 22.7. The SMILES string of the molecule is CC1(COCCCCCCCCOc2ccc(C(=O)Oc3ccc(OC(F)(F)C(F)C(F)(F)F)cc3)cc2)COC1. The lowest BCUT2D eigenvalue weighted by Gasteiger charge is -2.37. The van der Waals surface area contributed by atoms with E-state index >= 15 is 0 Å². The molecule has 6 nitrogen and oxygen atoms in total. The lowest BCUT2D eigenvalue weighted by atomic mass is 9.90. The minimum atomic E-state index is -5.79. The first kappa shape index (κ1) is 32.5. The number of alkyl halides is 6. The normalized spacial score (nSPS) is 15.6. The van der Waals surface area contributed by atoms with Crippen LogP contribution in [0.2, 0.25) is 0 Å². The summed E-state index contributed by atoms with van der Waals surface area (Å²) in [4.78, 5) is 12.3. The number of hydrogen-bond acceptors (Lipinski definition) is 6. The zero-order valence-corrected chi connectivity index (χ0v) is 22.7. The van der Waals surface area contributed by atoms with Gasteiger partial charge in [0, 0.05) is 12.0 Å². The van der Waals surface area contributed by atoms with Gasteiger partial charge in [-0.1, -0.05) is 32.6 Å². The molecule has 2 aromatic rings. The van der Waals surface area contributed by atoms with Gasteiger partial charge in [0.15, 0.2) is 0 Å². The second kappa shape index (κ2) is 14.8. The summed E-state index contributed by atoms with van der Waals surface area (Å²) in [5.74, 6) is -0.993. The fraction of sp³-hybridized carbons (Fsp3) is 0.552. The molecule has 0 bridgehead atoms. The van der Waals surface area contributed by atoms with Crippen LogP contribution in [0.3, 0.4) is 0 Å². The highest BCUT2D eigenvalue weighted by Crippen LogP contribution is 2.37. The molecule has 1 unspecified atom stereocenters. The number of benzene rings is 2. The Morgan fingerprint density at radius 3 is 1.93 bits per heavy atom. The van der Waals surface area contributed by atoms with Gasteiger partial charge in [0.2, 0.25) is 0 Å². The van der Waals surface area contributed by atoms with Gasteiger partial charge in [-0.25, -0.2) is 9.18 Å². The first-order chi connectivity index (χ1) is 19.4. The van der Waals surface area contributed by atoms with Crippen molar-refractivity contribution >= 4 is 5.97 Å². The largest absolute Gasteiger partial charge is 0.494 e. The van der Waals surface area contributed by atoms with E-state index in [9.17, 15) is 31.1 Å². The van der Waals surface area contributed by atoms with Crippen LogP contribution in [-0.2, 0) is 9.47 Å². The molecule has 0 spiro atoms. The summed E-state index contributed by atoms with van der Waals surface area (Å²) in [6.45, 7) is 5.79. The molecule has 41 heavy (non-hydrogen) atoms. The van der Waals surface area contributed by atoms with E-state index in [2.05, 4.69) is 11.7 Å². The second-order valence-corrected chi connectivity index (χ2v) is 10.3. The van der Waals surface area contributed by atoms with Gasteiger partial charge in [-0.3, -0.25) is 0 Å². The summed E-state index contributed by atoms with van der Waals surface area (Å²) in [5.41, 5.74) is 0.381. The Kier molecular flexibility index (Phi) is 11.7. The van der Waals surface area contributed by atoms with Crippen LogP contribution < -0.4 is 14.2 Å². The zero-order chi connectivity index (χ0) is 29.9. The first-order valence-electron chi connectivity index (χ1n) is 13.4. The maximum atomic E-state index is 13.4. The van der Waals surface area contributed by atoms with Crippen molar-refractivity contribution in [2.45, 2.75) is 63.9 Å². The quantitative estimate of drug-likeness (QED) is 0.0818. The van der Waals surface area contributed by atoms with Crippen LogP contribution in [0, 0.1) is 5.41 Å². The third-order valence-electron chi connectivity index (χ3n) is 6.26. The molecule has 0 radical (unpaired) electrons. The van der Waals surface area contributed by atoms with E-state index < -0.39 is 30.2 Å². The van der Waals surface area contributed by atoms with Gasteiger partial charge in [-0.15, -0.1) is 0 Å². The van der Waals surface area contributed by atoms with Crippen LogP contribution in [0.5, 0.6) is 17.2 Å². The van der Waals surface area contributed by atoms with Crippen molar-refractivity contribution in [2.24, 2.45) is 5.41 Å². The van der Waals surface area contributed by atoms with E-state index in [-0.39, 0.29) is 16.7 Å². The topological polar surface area (TPSA) is 63.2 Å². The molecule has 0 amide bonds. The number of carbonyl (C=O) groups is 1. The predicted molar refractivity (Wildman–Crippen MR) is 137 cm³/mol. The van der Waals surface area contributed by atoms with E-state index in [4.69, 9.17) is 18.9 Å². The van der Waals surface area contributed by atoms with Crippen molar-refractivity contribution in [3.8, 4) is 17.2 Å². The van der Waals surface area contributed by atoms with Gasteiger partial charge in [0.1, 0.15) is 17.2 Å². The average molecular weight is 593 g/mol. The van der Waals surface area contributed by atoms with Crippen molar-refractivity contribution in [3.05, 3.63) is 54.1 Å². The summed E-state index contributed by atoms with van der Waals surface area (Å²) < 4.78 is 102. The van der Waals surface area contributed by atoms with Gasteiger partial charge in [0.05, 0.1) is 32.0 Å². The number of rotatable bonds is 17. The Bertz CT molecular complexity index is 1070. The van der Waals surface area contributed by atoms with Crippen molar-refractivity contribution in [1.82, 2.24) is 0 Å². The number of hydrogen-bond donors (Lipinski definition) is 0. The van der Waals surface area contributed by atoms with Crippen LogP contribution in [0.25, 0.3) is 0 Å². The highest BCUT2D eigenvalue weighted by Gasteiger charge is 2.59. The molecule has 1 fully saturated rings. The van der Waals surface area contributed by atoms with E-state index in [1.165, 1.54) is 12.1 Å². The molecular formula is C29H34F6O6. The summed E-state index contributed by atoms with van der Waals surface area (Å²) >= 11 is 0. The molecular weight excluding hydrogens is 558 g/mol. The third-order valence-corrected chi connectivity index (χ3v) is 6.26. The standard InChI is InChI=1S/C29H34F6O6/c1-27(19-38-20-27)18-37-16-6-4-2-3-5-7-17-39-22-10-8-21(9-11-22)25(36)40-23-12-14-24(15-13-23)41-29(34,35)26(30)28(31,32)33/h8-15,26H,2-7,16-20H2,1H3. The summed E-state index contributed by atoms with van der Waals surface area (Å²) in [7, 11) is 0. The number of esters is 1. The molecule has 2 aromatic carbocycles.